The summed E-state index contributed by atoms with van der Waals surface area (Å²) in [7, 11) is 0. The minimum atomic E-state index is -0.0849. The van der Waals surface area contributed by atoms with Crippen LogP contribution < -0.4 is 11.1 Å². The van der Waals surface area contributed by atoms with Crippen LogP contribution in [0.5, 0.6) is 0 Å². The van der Waals surface area contributed by atoms with Gasteiger partial charge >= 0.3 is 0 Å². The molecule has 1 aromatic carbocycles. The highest BCUT2D eigenvalue weighted by Crippen LogP contribution is 2.20. The van der Waals surface area contributed by atoms with Crippen LogP contribution in [0.2, 0.25) is 0 Å². The third kappa shape index (κ3) is 3.22. The number of nitrogens with one attached hydrogen (secondary N) is 1. The third-order valence-electron chi connectivity index (χ3n) is 3.58. The first-order chi connectivity index (χ1) is 8.06. The van der Waals surface area contributed by atoms with Gasteiger partial charge in [-0.1, -0.05) is 20.8 Å². The first-order valence-electron chi connectivity index (χ1n) is 6.25. The Balaban J connectivity index is 2.81. The van der Waals surface area contributed by atoms with Gasteiger partial charge in [0.15, 0.2) is 0 Å². The monoisotopic (exact) mass is 234 g/mol. The Morgan fingerprint density at radius 2 is 1.59 bits per heavy atom. The van der Waals surface area contributed by atoms with Crippen LogP contribution in [0.3, 0.4) is 0 Å². The summed E-state index contributed by atoms with van der Waals surface area (Å²) in [5, 5.41) is 3.14. The van der Waals surface area contributed by atoms with E-state index in [0.717, 1.165) is 19.3 Å². The zero-order chi connectivity index (χ0) is 12.9. The van der Waals surface area contributed by atoms with Crippen LogP contribution in [-0.4, -0.2) is 11.4 Å². The number of amides is 1. The summed E-state index contributed by atoms with van der Waals surface area (Å²) in [5.41, 5.74) is 6.86. The molecule has 0 saturated carbocycles. The van der Waals surface area contributed by atoms with Gasteiger partial charge in [-0.2, -0.15) is 0 Å². The molecule has 0 heterocycles. The van der Waals surface area contributed by atoms with Crippen molar-refractivity contribution in [1.29, 1.82) is 0 Å². The molecule has 0 aliphatic heterocycles. The average Bonchev–Trinajstić information content (AvgIpc) is 2.37. The highest BCUT2D eigenvalue weighted by molar-refractivity contribution is 5.95. The molecule has 1 aromatic rings. The normalized spacial score (nSPS) is 11.2. The molecule has 0 aromatic heterocycles. The van der Waals surface area contributed by atoms with Crippen molar-refractivity contribution >= 4 is 11.6 Å². The minimum absolute atomic E-state index is 0.0180. The summed E-state index contributed by atoms with van der Waals surface area (Å²) in [4.78, 5) is 12.1. The molecule has 0 unspecified atom stereocenters. The van der Waals surface area contributed by atoms with Crippen molar-refractivity contribution in [3.05, 3.63) is 29.8 Å². The van der Waals surface area contributed by atoms with Crippen LogP contribution in [0, 0.1) is 0 Å². The van der Waals surface area contributed by atoms with Gasteiger partial charge in [0.1, 0.15) is 0 Å². The molecule has 0 spiro atoms. The molecule has 3 heteroatoms. The molecule has 0 bridgehead atoms. The van der Waals surface area contributed by atoms with Crippen molar-refractivity contribution in [3.8, 4) is 0 Å². The Bertz CT molecular complexity index is 358. The predicted molar refractivity (Wildman–Crippen MR) is 71.9 cm³/mol. The molecule has 0 aliphatic carbocycles. The maximum atomic E-state index is 12.1. The summed E-state index contributed by atoms with van der Waals surface area (Å²) >= 11 is 0. The molecular weight excluding hydrogens is 212 g/mol. The molecule has 17 heavy (non-hydrogen) atoms. The Labute approximate surface area is 103 Å². The van der Waals surface area contributed by atoms with Gasteiger partial charge in [-0.25, -0.2) is 0 Å². The molecule has 0 atom stereocenters. The van der Waals surface area contributed by atoms with Crippen LogP contribution >= 0.6 is 0 Å². The standard InChI is InChI=1S/C14H22N2O/c1-4-14(5-2,6-3)16-13(17)11-7-9-12(15)10-8-11/h7-10H,4-6,15H2,1-3H3,(H,16,17). The van der Waals surface area contributed by atoms with E-state index < -0.39 is 0 Å². The van der Waals surface area contributed by atoms with Crippen LogP contribution in [0.4, 0.5) is 5.69 Å². The number of carbonyl (C=O) groups excluding carboxylic acids is 1. The first kappa shape index (κ1) is 13.6. The van der Waals surface area contributed by atoms with Crippen LogP contribution in [0.15, 0.2) is 24.3 Å². The van der Waals surface area contributed by atoms with E-state index >= 15 is 0 Å². The summed E-state index contributed by atoms with van der Waals surface area (Å²) < 4.78 is 0. The van der Waals surface area contributed by atoms with Gasteiger partial charge < -0.3 is 11.1 Å². The second-order valence-electron chi connectivity index (χ2n) is 4.42. The smallest absolute Gasteiger partial charge is 0.251 e. The lowest BCUT2D eigenvalue weighted by molar-refractivity contribution is 0.0888. The van der Waals surface area contributed by atoms with Crippen LogP contribution in [0.25, 0.3) is 0 Å². The number of nitrogen functional groups attached to an aromatic ring is 1. The van der Waals surface area contributed by atoms with Crippen molar-refractivity contribution in [2.24, 2.45) is 0 Å². The Morgan fingerprint density at radius 1 is 1.12 bits per heavy atom. The van der Waals surface area contributed by atoms with E-state index in [1.807, 2.05) is 0 Å². The van der Waals surface area contributed by atoms with Crippen molar-refractivity contribution in [3.63, 3.8) is 0 Å². The highest BCUT2D eigenvalue weighted by atomic mass is 16.1. The lowest BCUT2D eigenvalue weighted by Gasteiger charge is -2.31. The number of hydrogen-bond donors (Lipinski definition) is 2. The fraction of sp³-hybridized carbons (Fsp3) is 0.500. The van der Waals surface area contributed by atoms with Crippen LogP contribution in [-0.2, 0) is 0 Å². The summed E-state index contributed by atoms with van der Waals surface area (Å²) in [6.45, 7) is 6.32. The SMILES string of the molecule is CCC(CC)(CC)NC(=O)c1ccc(N)cc1. The number of anilines is 1. The minimum Gasteiger partial charge on any atom is -0.399 e. The van der Waals surface area contributed by atoms with Crippen molar-refractivity contribution in [2.75, 3.05) is 5.73 Å². The largest absolute Gasteiger partial charge is 0.399 e. The predicted octanol–water partition coefficient (Wildman–Crippen LogP) is 2.97. The molecule has 0 fully saturated rings. The van der Waals surface area contributed by atoms with Gasteiger partial charge in [0.25, 0.3) is 5.91 Å². The maximum Gasteiger partial charge on any atom is 0.251 e. The van der Waals surface area contributed by atoms with Gasteiger partial charge in [0.05, 0.1) is 0 Å². The fourth-order valence-electron chi connectivity index (χ4n) is 1.96. The molecular formula is C14H22N2O. The lowest BCUT2D eigenvalue weighted by Crippen LogP contribution is -2.47. The molecule has 3 nitrogen and oxygen atoms in total. The van der Waals surface area contributed by atoms with E-state index in [1.165, 1.54) is 0 Å². The second-order valence-corrected chi connectivity index (χ2v) is 4.42. The zero-order valence-electron chi connectivity index (χ0n) is 10.9. The summed E-state index contributed by atoms with van der Waals surface area (Å²) in [5.74, 6) is -0.0180. The molecule has 3 N–H and O–H groups in total. The Hall–Kier alpha value is -1.51. The van der Waals surface area contributed by atoms with Crippen molar-refractivity contribution < 1.29 is 4.79 Å². The Morgan fingerprint density at radius 3 is 2.00 bits per heavy atom. The van der Waals surface area contributed by atoms with Crippen molar-refractivity contribution in [1.82, 2.24) is 5.32 Å². The van der Waals surface area contributed by atoms with Gasteiger partial charge in [-0.3, -0.25) is 4.79 Å². The first-order valence-corrected chi connectivity index (χ1v) is 6.25. The molecule has 0 saturated heterocycles. The van der Waals surface area contributed by atoms with Crippen LogP contribution in [0.1, 0.15) is 50.4 Å². The molecule has 94 valence electrons. The second kappa shape index (κ2) is 5.71. The van der Waals surface area contributed by atoms with E-state index in [0.29, 0.717) is 11.3 Å². The van der Waals surface area contributed by atoms with E-state index in [-0.39, 0.29) is 11.4 Å². The number of carbonyl (C=O) groups is 1. The van der Waals surface area contributed by atoms with Gasteiger partial charge in [-0.15, -0.1) is 0 Å². The van der Waals surface area contributed by atoms with E-state index in [1.54, 1.807) is 24.3 Å². The van der Waals surface area contributed by atoms with Gasteiger partial charge in [-0.05, 0) is 43.5 Å². The Kier molecular flexibility index (Phi) is 4.55. The highest BCUT2D eigenvalue weighted by Gasteiger charge is 2.26. The summed E-state index contributed by atoms with van der Waals surface area (Å²) in [6.07, 6.45) is 2.84. The number of hydrogen-bond acceptors (Lipinski definition) is 2. The van der Waals surface area contributed by atoms with E-state index in [2.05, 4.69) is 26.1 Å². The summed E-state index contributed by atoms with van der Waals surface area (Å²) in [6, 6.07) is 7.02. The molecule has 0 radical (unpaired) electrons. The number of nitrogens with two attached hydrogens (primary N) is 1. The topological polar surface area (TPSA) is 55.1 Å². The van der Waals surface area contributed by atoms with Gasteiger partial charge in [0, 0.05) is 16.8 Å². The average molecular weight is 234 g/mol. The maximum absolute atomic E-state index is 12.1. The van der Waals surface area contributed by atoms with Crippen molar-refractivity contribution in [2.45, 2.75) is 45.6 Å². The molecule has 1 rings (SSSR count). The number of benzene rings is 1. The number of rotatable bonds is 5. The van der Waals surface area contributed by atoms with Gasteiger partial charge in [0.2, 0.25) is 0 Å². The fourth-order valence-corrected chi connectivity index (χ4v) is 1.96. The molecule has 0 aliphatic rings. The van der Waals surface area contributed by atoms with E-state index in [9.17, 15) is 4.79 Å². The quantitative estimate of drug-likeness (QED) is 0.769. The lowest BCUT2D eigenvalue weighted by atomic mass is 9.89. The third-order valence-corrected chi connectivity index (χ3v) is 3.58. The molecule has 1 amide bonds. The van der Waals surface area contributed by atoms with E-state index in [4.69, 9.17) is 5.73 Å². The zero-order valence-corrected chi connectivity index (χ0v) is 10.9.